The highest BCUT2D eigenvalue weighted by Gasteiger charge is 2.28. The summed E-state index contributed by atoms with van der Waals surface area (Å²) in [7, 11) is 0. The Morgan fingerprint density at radius 2 is 1.79 bits per heavy atom. The van der Waals surface area contributed by atoms with E-state index < -0.39 is 11.9 Å². The summed E-state index contributed by atoms with van der Waals surface area (Å²) in [6, 6.07) is 17.2. The first kappa shape index (κ1) is 19.0. The first-order valence-electron chi connectivity index (χ1n) is 9.78. The van der Waals surface area contributed by atoms with Gasteiger partial charge < -0.3 is 19.7 Å². The number of para-hydroxylation sites is 2. The van der Waals surface area contributed by atoms with Gasteiger partial charge in [-0.1, -0.05) is 42.5 Å². The largest absolute Gasteiger partial charge is 0.481 e. The number of carboxylic acids is 1. The fourth-order valence-electron chi connectivity index (χ4n) is 3.71. The van der Waals surface area contributed by atoms with Crippen LogP contribution in [0.2, 0.25) is 0 Å². The number of nitrogens with one attached hydrogen (secondary N) is 1. The van der Waals surface area contributed by atoms with Gasteiger partial charge in [0.05, 0.1) is 5.92 Å². The number of carbonyl (C=O) groups excluding carboxylic acids is 1. The molecule has 1 atom stereocenters. The SMILES string of the molecule is O=C(NCC(C(=O)O)c1ccccc1)C1CCN(c2nc3ccccc3o2)CC1. The van der Waals surface area contributed by atoms with Gasteiger partial charge in [-0.25, -0.2) is 0 Å². The number of oxazole rings is 1. The molecule has 0 spiro atoms. The van der Waals surface area contributed by atoms with Crippen molar-refractivity contribution in [3.05, 3.63) is 60.2 Å². The van der Waals surface area contributed by atoms with Crippen LogP contribution in [0, 0.1) is 5.92 Å². The smallest absolute Gasteiger partial charge is 0.312 e. The van der Waals surface area contributed by atoms with Crippen molar-refractivity contribution in [3.63, 3.8) is 0 Å². The molecule has 2 aromatic carbocycles. The maximum Gasteiger partial charge on any atom is 0.312 e. The zero-order valence-electron chi connectivity index (χ0n) is 16.0. The number of carbonyl (C=O) groups is 2. The number of hydrogen-bond donors (Lipinski definition) is 2. The number of aromatic nitrogens is 1. The molecule has 0 radical (unpaired) electrons. The van der Waals surface area contributed by atoms with Gasteiger partial charge in [0.1, 0.15) is 5.52 Å². The minimum atomic E-state index is -0.942. The third-order valence-corrected chi connectivity index (χ3v) is 5.40. The number of hydrogen-bond acceptors (Lipinski definition) is 5. The Hall–Kier alpha value is -3.35. The Bertz CT molecular complexity index is 960. The van der Waals surface area contributed by atoms with Crippen molar-refractivity contribution >= 4 is 29.0 Å². The second kappa shape index (κ2) is 8.34. The molecule has 2 N–H and O–H groups in total. The molecule has 4 rings (SSSR count). The third kappa shape index (κ3) is 4.23. The zero-order chi connectivity index (χ0) is 20.2. The van der Waals surface area contributed by atoms with Crippen LogP contribution in [-0.4, -0.2) is 41.6 Å². The van der Waals surface area contributed by atoms with Crippen molar-refractivity contribution in [1.82, 2.24) is 10.3 Å². The van der Waals surface area contributed by atoms with Gasteiger partial charge in [0, 0.05) is 25.6 Å². The van der Waals surface area contributed by atoms with E-state index in [9.17, 15) is 14.7 Å². The summed E-state index contributed by atoms with van der Waals surface area (Å²) in [6.07, 6.45) is 1.35. The highest BCUT2D eigenvalue weighted by molar-refractivity contribution is 5.81. The zero-order valence-corrected chi connectivity index (χ0v) is 16.0. The lowest BCUT2D eigenvalue weighted by atomic mass is 9.95. The third-order valence-electron chi connectivity index (χ3n) is 5.40. The molecule has 0 saturated carbocycles. The van der Waals surface area contributed by atoms with Crippen molar-refractivity contribution in [3.8, 4) is 0 Å². The number of nitrogens with zero attached hydrogens (tertiary/aromatic N) is 2. The number of anilines is 1. The molecule has 1 aromatic heterocycles. The van der Waals surface area contributed by atoms with Crippen LogP contribution in [0.1, 0.15) is 24.3 Å². The van der Waals surface area contributed by atoms with Gasteiger partial charge in [-0.2, -0.15) is 4.98 Å². The van der Waals surface area contributed by atoms with Crippen molar-refractivity contribution in [2.24, 2.45) is 5.92 Å². The lowest BCUT2D eigenvalue weighted by Gasteiger charge is -2.30. The van der Waals surface area contributed by atoms with Crippen LogP contribution < -0.4 is 10.2 Å². The van der Waals surface area contributed by atoms with E-state index in [1.807, 2.05) is 35.2 Å². The van der Waals surface area contributed by atoms with E-state index in [1.165, 1.54) is 0 Å². The average molecular weight is 393 g/mol. The van der Waals surface area contributed by atoms with Crippen LogP contribution in [0.15, 0.2) is 59.0 Å². The number of rotatable bonds is 6. The summed E-state index contributed by atoms with van der Waals surface area (Å²) in [5, 5.41) is 12.3. The predicted molar refractivity (Wildman–Crippen MR) is 109 cm³/mol. The topological polar surface area (TPSA) is 95.7 Å². The predicted octanol–water partition coefficient (Wildman–Crippen LogP) is 3.03. The molecule has 2 heterocycles. The second-order valence-electron chi connectivity index (χ2n) is 7.27. The molecule has 0 bridgehead atoms. The molecule has 1 unspecified atom stereocenters. The molecule has 7 heteroatoms. The van der Waals surface area contributed by atoms with Crippen LogP contribution in [0.5, 0.6) is 0 Å². The van der Waals surface area contributed by atoms with E-state index in [2.05, 4.69) is 10.3 Å². The van der Waals surface area contributed by atoms with E-state index >= 15 is 0 Å². The number of carboxylic acid groups (broad SMARTS) is 1. The van der Waals surface area contributed by atoms with Gasteiger partial charge in [-0.3, -0.25) is 9.59 Å². The Labute approximate surface area is 168 Å². The number of amides is 1. The normalized spacial score (nSPS) is 15.9. The van der Waals surface area contributed by atoms with Crippen molar-refractivity contribution in [1.29, 1.82) is 0 Å². The van der Waals surface area contributed by atoms with E-state index in [0.29, 0.717) is 37.5 Å². The lowest BCUT2D eigenvalue weighted by molar-refractivity contribution is -0.138. The summed E-state index contributed by atoms with van der Waals surface area (Å²) in [6.45, 7) is 1.43. The molecule has 1 aliphatic rings. The highest BCUT2D eigenvalue weighted by Crippen LogP contribution is 2.26. The molecule has 0 aliphatic carbocycles. The first-order valence-corrected chi connectivity index (χ1v) is 9.78. The Morgan fingerprint density at radius 1 is 1.10 bits per heavy atom. The average Bonchev–Trinajstić information content (AvgIpc) is 3.19. The Morgan fingerprint density at radius 3 is 2.48 bits per heavy atom. The quantitative estimate of drug-likeness (QED) is 0.668. The summed E-state index contributed by atoms with van der Waals surface area (Å²) in [5.74, 6) is -1.92. The fraction of sp³-hybridized carbons (Fsp3) is 0.318. The van der Waals surface area contributed by atoms with Crippen LogP contribution >= 0.6 is 0 Å². The van der Waals surface area contributed by atoms with Gasteiger partial charge in [0.2, 0.25) is 5.91 Å². The summed E-state index contributed by atoms with van der Waals surface area (Å²) in [5.41, 5.74) is 2.26. The minimum Gasteiger partial charge on any atom is -0.481 e. The fourth-order valence-corrected chi connectivity index (χ4v) is 3.71. The molecular formula is C22H23N3O4. The summed E-state index contributed by atoms with van der Waals surface area (Å²) in [4.78, 5) is 30.7. The van der Waals surface area contributed by atoms with Crippen LogP contribution in [0.25, 0.3) is 11.1 Å². The Balaban J connectivity index is 1.32. The maximum absolute atomic E-state index is 12.6. The molecule has 1 saturated heterocycles. The molecule has 1 aliphatic heterocycles. The molecular weight excluding hydrogens is 370 g/mol. The second-order valence-corrected chi connectivity index (χ2v) is 7.27. The summed E-state index contributed by atoms with van der Waals surface area (Å²) >= 11 is 0. The molecule has 7 nitrogen and oxygen atoms in total. The highest BCUT2D eigenvalue weighted by atomic mass is 16.4. The van der Waals surface area contributed by atoms with E-state index in [1.54, 1.807) is 24.3 Å². The molecule has 1 amide bonds. The van der Waals surface area contributed by atoms with Gasteiger partial charge in [-0.15, -0.1) is 0 Å². The minimum absolute atomic E-state index is 0.0868. The molecule has 29 heavy (non-hydrogen) atoms. The number of piperidine rings is 1. The van der Waals surface area contributed by atoms with Gasteiger partial charge >= 0.3 is 5.97 Å². The standard InChI is InChI=1S/C22H23N3O4/c26-20(23-14-17(21(27)28)15-6-2-1-3-7-15)16-10-12-25(13-11-16)22-24-18-8-4-5-9-19(18)29-22/h1-9,16-17H,10-14H2,(H,23,26)(H,27,28). The molecule has 150 valence electrons. The van der Waals surface area contributed by atoms with Gasteiger partial charge in [-0.05, 0) is 30.5 Å². The van der Waals surface area contributed by atoms with Gasteiger partial charge in [0.25, 0.3) is 6.01 Å². The number of benzene rings is 2. The molecule has 3 aromatic rings. The number of aliphatic carboxylic acids is 1. The van der Waals surface area contributed by atoms with E-state index in [0.717, 1.165) is 11.1 Å². The van der Waals surface area contributed by atoms with Crippen LogP contribution in [0.4, 0.5) is 6.01 Å². The van der Waals surface area contributed by atoms with Crippen molar-refractivity contribution in [2.75, 3.05) is 24.5 Å². The molecule has 1 fully saturated rings. The monoisotopic (exact) mass is 393 g/mol. The van der Waals surface area contributed by atoms with E-state index in [4.69, 9.17) is 4.42 Å². The van der Waals surface area contributed by atoms with Crippen molar-refractivity contribution in [2.45, 2.75) is 18.8 Å². The number of fused-ring (bicyclic) bond motifs is 1. The van der Waals surface area contributed by atoms with Gasteiger partial charge in [0.15, 0.2) is 5.58 Å². The maximum atomic E-state index is 12.6. The first-order chi connectivity index (χ1) is 14.1. The van der Waals surface area contributed by atoms with Crippen molar-refractivity contribution < 1.29 is 19.1 Å². The van der Waals surface area contributed by atoms with Crippen LogP contribution in [-0.2, 0) is 9.59 Å². The Kier molecular flexibility index (Phi) is 5.46. The lowest BCUT2D eigenvalue weighted by Crippen LogP contribution is -2.42. The summed E-state index contributed by atoms with van der Waals surface area (Å²) < 4.78 is 5.81. The van der Waals surface area contributed by atoms with E-state index in [-0.39, 0.29) is 18.4 Å². The van der Waals surface area contributed by atoms with Crippen LogP contribution in [0.3, 0.4) is 0 Å².